The Hall–Kier alpha value is -1.43. The average Bonchev–Trinajstić information content (AvgIpc) is 2.77. The van der Waals surface area contributed by atoms with Crippen LogP contribution in [0.5, 0.6) is 0 Å². The number of halogens is 2. The molecule has 2 rings (SSSR count). The van der Waals surface area contributed by atoms with Crippen molar-refractivity contribution in [1.29, 1.82) is 0 Å². The molecule has 0 radical (unpaired) electrons. The highest BCUT2D eigenvalue weighted by atomic mass is 35.5. The van der Waals surface area contributed by atoms with Gasteiger partial charge in [-0.2, -0.15) is 5.10 Å². The smallest absolute Gasteiger partial charge is 0.129 e. The van der Waals surface area contributed by atoms with Crippen LogP contribution in [-0.4, -0.2) is 40.4 Å². The molecule has 2 aromatic rings. The highest BCUT2D eigenvalue weighted by molar-refractivity contribution is 6.31. The second-order valence-corrected chi connectivity index (χ2v) is 5.24. The third-order valence-corrected chi connectivity index (χ3v) is 3.34. The molecule has 1 aromatic carbocycles. The normalized spacial score (nSPS) is 12.9. The van der Waals surface area contributed by atoms with E-state index in [1.54, 1.807) is 22.9 Å². The molecule has 1 heterocycles. The van der Waals surface area contributed by atoms with Gasteiger partial charge in [-0.3, -0.25) is 4.68 Å². The van der Waals surface area contributed by atoms with Crippen LogP contribution in [0.3, 0.4) is 0 Å². The Morgan fingerprint density at radius 2 is 2.10 bits per heavy atom. The van der Waals surface area contributed by atoms with Gasteiger partial charge in [0.15, 0.2) is 0 Å². The van der Waals surface area contributed by atoms with Crippen LogP contribution in [0.1, 0.15) is 17.4 Å². The summed E-state index contributed by atoms with van der Waals surface area (Å²) in [4.78, 5) is 1.99. The van der Waals surface area contributed by atoms with E-state index >= 15 is 0 Å². The summed E-state index contributed by atoms with van der Waals surface area (Å²) in [6.07, 6.45) is 0.338. The van der Waals surface area contributed by atoms with Crippen molar-refractivity contribution >= 4 is 11.6 Å². The molecule has 0 aliphatic carbocycles. The van der Waals surface area contributed by atoms with Gasteiger partial charge in [-0.25, -0.2) is 4.39 Å². The zero-order valence-corrected chi connectivity index (χ0v) is 12.2. The third-order valence-electron chi connectivity index (χ3n) is 3.05. The van der Waals surface area contributed by atoms with E-state index in [4.69, 9.17) is 11.6 Å². The van der Waals surface area contributed by atoms with Gasteiger partial charge in [0.05, 0.1) is 23.5 Å². The molecule has 0 amide bonds. The minimum Gasteiger partial charge on any atom is -0.382 e. The van der Waals surface area contributed by atoms with E-state index in [0.29, 0.717) is 17.3 Å². The zero-order chi connectivity index (χ0) is 14.7. The molecule has 1 aromatic heterocycles. The van der Waals surface area contributed by atoms with Crippen LogP contribution >= 0.6 is 11.6 Å². The lowest BCUT2D eigenvalue weighted by atomic mass is 10.1. The first-order valence-electron chi connectivity index (χ1n) is 6.29. The topological polar surface area (TPSA) is 41.3 Å². The maximum Gasteiger partial charge on any atom is 0.129 e. The van der Waals surface area contributed by atoms with Crippen LogP contribution in [0.15, 0.2) is 30.5 Å². The van der Waals surface area contributed by atoms with Gasteiger partial charge in [0.25, 0.3) is 0 Å². The first-order chi connectivity index (χ1) is 9.50. The van der Waals surface area contributed by atoms with Crippen LogP contribution < -0.4 is 0 Å². The van der Waals surface area contributed by atoms with Crippen molar-refractivity contribution in [2.45, 2.75) is 12.6 Å². The Kier molecular flexibility index (Phi) is 4.75. The van der Waals surface area contributed by atoms with E-state index in [1.165, 1.54) is 12.3 Å². The third kappa shape index (κ3) is 3.17. The summed E-state index contributed by atoms with van der Waals surface area (Å²) < 4.78 is 15.4. The predicted molar refractivity (Wildman–Crippen MR) is 76.3 cm³/mol. The fraction of sp³-hybridized carbons (Fsp3) is 0.357. The van der Waals surface area contributed by atoms with Crippen LogP contribution in [-0.2, 0) is 6.54 Å². The average molecular weight is 298 g/mol. The van der Waals surface area contributed by atoms with Crippen molar-refractivity contribution in [3.63, 3.8) is 0 Å². The molecule has 1 unspecified atom stereocenters. The number of rotatable bonds is 5. The first kappa shape index (κ1) is 15.0. The maximum absolute atomic E-state index is 13.8. The molecule has 0 saturated heterocycles. The molecule has 1 atom stereocenters. The standard InChI is InChI=1S/C14H17ClFN3O/c1-18(2)7-8-19-13(11(15)9-17-19)14(20)10-5-3-4-6-12(10)16/h3-6,9,14,20H,7-8H2,1-2H3. The number of hydrogen-bond donors (Lipinski definition) is 1. The van der Waals surface area contributed by atoms with E-state index in [2.05, 4.69) is 5.10 Å². The number of hydrogen-bond acceptors (Lipinski definition) is 3. The Labute approximate surface area is 122 Å². The fourth-order valence-electron chi connectivity index (χ4n) is 1.96. The summed E-state index contributed by atoms with van der Waals surface area (Å²) in [5, 5.41) is 14.9. The second kappa shape index (κ2) is 6.35. The molecule has 1 N–H and O–H groups in total. The quantitative estimate of drug-likeness (QED) is 0.921. The lowest BCUT2D eigenvalue weighted by Gasteiger charge is -2.16. The van der Waals surface area contributed by atoms with Gasteiger partial charge in [-0.05, 0) is 20.2 Å². The highest BCUT2D eigenvalue weighted by Crippen LogP contribution is 2.29. The predicted octanol–water partition coefficient (Wildman–Crippen LogP) is 2.32. The summed E-state index contributed by atoms with van der Waals surface area (Å²) in [5.41, 5.74) is 0.611. The molecule has 0 aliphatic rings. The van der Waals surface area contributed by atoms with Crippen molar-refractivity contribution in [2.24, 2.45) is 0 Å². The van der Waals surface area contributed by atoms with Crippen molar-refractivity contribution in [3.05, 3.63) is 52.6 Å². The SMILES string of the molecule is CN(C)CCn1ncc(Cl)c1C(O)c1ccccc1F. The lowest BCUT2D eigenvalue weighted by Crippen LogP contribution is -2.21. The van der Waals surface area contributed by atoms with Gasteiger partial charge in [-0.1, -0.05) is 29.8 Å². The molecule has 108 valence electrons. The van der Waals surface area contributed by atoms with Crippen LogP contribution in [0.25, 0.3) is 0 Å². The fourth-order valence-corrected chi connectivity index (χ4v) is 2.21. The number of benzene rings is 1. The number of likely N-dealkylation sites (N-methyl/N-ethyl adjacent to an activating group) is 1. The van der Waals surface area contributed by atoms with E-state index in [9.17, 15) is 9.50 Å². The first-order valence-corrected chi connectivity index (χ1v) is 6.67. The second-order valence-electron chi connectivity index (χ2n) is 4.83. The van der Waals surface area contributed by atoms with Crippen LogP contribution in [0, 0.1) is 5.82 Å². The van der Waals surface area contributed by atoms with Gasteiger partial charge < -0.3 is 10.0 Å². The molecular weight excluding hydrogens is 281 g/mol. The van der Waals surface area contributed by atoms with E-state index in [1.807, 2.05) is 19.0 Å². The van der Waals surface area contributed by atoms with E-state index < -0.39 is 11.9 Å². The Morgan fingerprint density at radius 3 is 2.75 bits per heavy atom. The largest absolute Gasteiger partial charge is 0.382 e. The summed E-state index contributed by atoms with van der Waals surface area (Å²) >= 11 is 6.08. The molecule has 20 heavy (non-hydrogen) atoms. The number of aliphatic hydroxyl groups excluding tert-OH is 1. The zero-order valence-electron chi connectivity index (χ0n) is 11.4. The highest BCUT2D eigenvalue weighted by Gasteiger charge is 2.22. The Balaban J connectivity index is 2.32. The molecule has 6 heteroatoms. The summed E-state index contributed by atoms with van der Waals surface area (Å²) in [6, 6.07) is 6.11. The summed E-state index contributed by atoms with van der Waals surface area (Å²) in [5.74, 6) is -0.462. The minimum absolute atomic E-state index is 0.195. The molecule has 0 saturated carbocycles. The van der Waals surface area contributed by atoms with Gasteiger partial charge in [-0.15, -0.1) is 0 Å². The Morgan fingerprint density at radius 1 is 1.40 bits per heavy atom. The van der Waals surface area contributed by atoms with Gasteiger partial charge in [0, 0.05) is 12.1 Å². The maximum atomic E-state index is 13.8. The van der Waals surface area contributed by atoms with Crippen molar-refractivity contribution in [2.75, 3.05) is 20.6 Å². The molecule has 0 bridgehead atoms. The van der Waals surface area contributed by atoms with E-state index in [-0.39, 0.29) is 5.56 Å². The lowest BCUT2D eigenvalue weighted by molar-refractivity contribution is 0.201. The molecular formula is C14H17ClFN3O. The van der Waals surface area contributed by atoms with Gasteiger partial charge in [0.1, 0.15) is 11.9 Å². The van der Waals surface area contributed by atoms with Crippen molar-refractivity contribution < 1.29 is 9.50 Å². The molecule has 4 nitrogen and oxygen atoms in total. The monoisotopic (exact) mass is 297 g/mol. The molecule has 0 aliphatic heterocycles. The number of aliphatic hydroxyl groups is 1. The Bertz CT molecular complexity index is 586. The summed E-state index contributed by atoms with van der Waals surface area (Å²) in [7, 11) is 3.89. The number of nitrogens with zero attached hydrogens (tertiary/aromatic N) is 3. The van der Waals surface area contributed by atoms with Crippen molar-refractivity contribution in [1.82, 2.24) is 14.7 Å². The van der Waals surface area contributed by atoms with Gasteiger partial charge in [0.2, 0.25) is 0 Å². The number of aromatic nitrogens is 2. The van der Waals surface area contributed by atoms with E-state index in [0.717, 1.165) is 6.54 Å². The van der Waals surface area contributed by atoms with Crippen molar-refractivity contribution in [3.8, 4) is 0 Å². The minimum atomic E-state index is -1.13. The summed E-state index contributed by atoms with van der Waals surface area (Å²) in [6.45, 7) is 1.32. The molecule has 0 fully saturated rings. The molecule has 0 spiro atoms. The van der Waals surface area contributed by atoms with Crippen LogP contribution in [0.4, 0.5) is 4.39 Å². The van der Waals surface area contributed by atoms with Crippen LogP contribution in [0.2, 0.25) is 5.02 Å². The van der Waals surface area contributed by atoms with Gasteiger partial charge >= 0.3 is 0 Å².